The molecule has 0 spiro atoms. The van der Waals surface area contributed by atoms with E-state index in [0.717, 1.165) is 18.5 Å². The molecular weight excluding hydrogens is 331 g/mol. The van der Waals surface area contributed by atoms with Crippen LogP contribution < -0.4 is 10.6 Å². The number of benzene rings is 1. The standard InChI is InChI=1S/C17H22ClFN4O/c1-4-5-9-20-17(24)21-16-11(2)22-23(12(16)3)10-13-14(18)7-6-8-15(13)19/h6-8H,4-5,9-10H2,1-3H3,(H2,20,21,24). The van der Waals surface area contributed by atoms with E-state index in [-0.39, 0.29) is 18.4 Å². The van der Waals surface area contributed by atoms with Crippen LogP contribution in [0.25, 0.3) is 0 Å². The van der Waals surface area contributed by atoms with E-state index in [1.807, 2.05) is 6.92 Å². The third-order valence-corrected chi connectivity index (χ3v) is 4.16. The quantitative estimate of drug-likeness (QED) is 0.763. The molecule has 1 aromatic heterocycles. The number of nitrogens with one attached hydrogen (secondary N) is 2. The molecule has 2 rings (SSSR count). The molecule has 0 aliphatic carbocycles. The normalized spacial score (nSPS) is 10.7. The average molecular weight is 353 g/mol. The fraction of sp³-hybridized carbons (Fsp3) is 0.412. The minimum absolute atomic E-state index is 0.206. The van der Waals surface area contributed by atoms with Crippen molar-refractivity contribution >= 4 is 23.3 Å². The third kappa shape index (κ3) is 4.26. The lowest BCUT2D eigenvalue weighted by Gasteiger charge is -2.09. The van der Waals surface area contributed by atoms with Gasteiger partial charge in [-0.1, -0.05) is 31.0 Å². The van der Waals surface area contributed by atoms with E-state index >= 15 is 0 Å². The molecule has 5 nitrogen and oxygen atoms in total. The number of carbonyl (C=O) groups is 1. The molecule has 0 saturated carbocycles. The fourth-order valence-electron chi connectivity index (χ4n) is 2.40. The molecule has 2 amide bonds. The number of unbranched alkanes of at least 4 members (excludes halogenated alkanes) is 1. The van der Waals surface area contributed by atoms with Gasteiger partial charge in [0.25, 0.3) is 0 Å². The monoisotopic (exact) mass is 352 g/mol. The average Bonchev–Trinajstić information content (AvgIpc) is 2.79. The van der Waals surface area contributed by atoms with E-state index in [0.29, 0.717) is 28.5 Å². The predicted octanol–water partition coefficient (Wildman–Crippen LogP) is 4.26. The Bertz CT molecular complexity index is 709. The Labute approximate surface area is 146 Å². The van der Waals surface area contributed by atoms with Crippen molar-refractivity contribution in [3.8, 4) is 0 Å². The number of amides is 2. The Hall–Kier alpha value is -2.08. The van der Waals surface area contributed by atoms with E-state index in [1.54, 1.807) is 23.7 Å². The molecular formula is C17H22ClFN4O. The molecule has 1 heterocycles. The van der Waals surface area contributed by atoms with Crippen LogP contribution in [-0.4, -0.2) is 22.4 Å². The maximum atomic E-state index is 14.0. The van der Waals surface area contributed by atoms with Gasteiger partial charge < -0.3 is 10.6 Å². The molecule has 7 heteroatoms. The van der Waals surface area contributed by atoms with Crippen molar-refractivity contribution in [2.75, 3.05) is 11.9 Å². The molecule has 0 bridgehead atoms. The van der Waals surface area contributed by atoms with Crippen LogP contribution in [0.4, 0.5) is 14.9 Å². The summed E-state index contributed by atoms with van der Waals surface area (Å²) >= 11 is 6.07. The van der Waals surface area contributed by atoms with Gasteiger partial charge in [0.15, 0.2) is 0 Å². The lowest BCUT2D eigenvalue weighted by Crippen LogP contribution is -2.29. The summed E-state index contributed by atoms with van der Waals surface area (Å²) in [4.78, 5) is 11.9. The number of hydrogen-bond acceptors (Lipinski definition) is 2. The van der Waals surface area contributed by atoms with Gasteiger partial charge in [-0.05, 0) is 32.4 Å². The molecule has 0 atom stereocenters. The van der Waals surface area contributed by atoms with Crippen molar-refractivity contribution in [2.24, 2.45) is 0 Å². The van der Waals surface area contributed by atoms with E-state index in [4.69, 9.17) is 11.6 Å². The Kier molecular flexibility index (Phi) is 6.20. The summed E-state index contributed by atoms with van der Waals surface area (Å²) < 4.78 is 15.6. The lowest BCUT2D eigenvalue weighted by molar-refractivity contribution is 0.252. The highest BCUT2D eigenvalue weighted by Gasteiger charge is 2.16. The topological polar surface area (TPSA) is 59.0 Å². The van der Waals surface area contributed by atoms with Crippen LogP contribution in [-0.2, 0) is 6.54 Å². The number of nitrogens with zero attached hydrogens (tertiary/aromatic N) is 2. The van der Waals surface area contributed by atoms with E-state index in [1.165, 1.54) is 6.07 Å². The molecule has 0 radical (unpaired) electrons. The molecule has 130 valence electrons. The van der Waals surface area contributed by atoms with Crippen molar-refractivity contribution in [3.05, 3.63) is 46.0 Å². The SMILES string of the molecule is CCCCNC(=O)Nc1c(C)nn(Cc2c(F)cccc2Cl)c1C. The molecule has 0 fully saturated rings. The van der Waals surface area contributed by atoms with Gasteiger partial charge in [-0.3, -0.25) is 4.68 Å². The van der Waals surface area contributed by atoms with Crippen molar-refractivity contribution in [1.29, 1.82) is 0 Å². The van der Waals surface area contributed by atoms with Crippen LogP contribution in [0.3, 0.4) is 0 Å². The van der Waals surface area contributed by atoms with Gasteiger partial charge in [-0.2, -0.15) is 5.10 Å². The van der Waals surface area contributed by atoms with Crippen LogP contribution in [0.15, 0.2) is 18.2 Å². The van der Waals surface area contributed by atoms with E-state index < -0.39 is 0 Å². The maximum Gasteiger partial charge on any atom is 0.319 e. The van der Waals surface area contributed by atoms with Crippen molar-refractivity contribution in [3.63, 3.8) is 0 Å². The van der Waals surface area contributed by atoms with Crippen LogP contribution >= 0.6 is 11.6 Å². The number of aromatic nitrogens is 2. The zero-order valence-electron chi connectivity index (χ0n) is 14.1. The van der Waals surface area contributed by atoms with Gasteiger partial charge in [0.05, 0.1) is 23.6 Å². The Morgan fingerprint density at radius 1 is 1.38 bits per heavy atom. The summed E-state index contributed by atoms with van der Waals surface area (Å²) in [7, 11) is 0. The zero-order chi connectivity index (χ0) is 17.7. The van der Waals surface area contributed by atoms with Gasteiger partial charge in [-0.15, -0.1) is 0 Å². The number of hydrogen-bond donors (Lipinski definition) is 2. The largest absolute Gasteiger partial charge is 0.338 e. The number of urea groups is 1. The first-order valence-electron chi connectivity index (χ1n) is 7.95. The van der Waals surface area contributed by atoms with Crippen LogP contribution in [0.5, 0.6) is 0 Å². The number of aryl methyl sites for hydroxylation is 1. The first-order chi connectivity index (χ1) is 11.4. The number of anilines is 1. The molecule has 24 heavy (non-hydrogen) atoms. The molecule has 0 unspecified atom stereocenters. The highest BCUT2D eigenvalue weighted by Crippen LogP contribution is 2.24. The van der Waals surface area contributed by atoms with E-state index in [2.05, 4.69) is 22.7 Å². The Morgan fingerprint density at radius 2 is 2.12 bits per heavy atom. The Balaban J connectivity index is 2.15. The third-order valence-electron chi connectivity index (χ3n) is 3.81. The second-order valence-corrected chi connectivity index (χ2v) is 6.05. The summed E-state index contributed by atoms with van der Waals surface area (Å²) in [6, 6.07) is 4.31. The molecule has 1 aromatic carbocycles. The minimum atomic E-state index is -0.373. The smallest absolute Gasteiger partial charge is 0.319 e. The minimum Gasteiger partial charge on any atom is -0.338 e. The highest BCUT2D eigenvalue weighted by atomic mass is 35.5. The van der Waals surface area contributed by atoms with Crippen molar-refractivity contribution in [1.82, 2.24) is 15.1 Å². The van der Waals surface area contributed by atoms with E-state index in [9.17, 15) is 9.18 Å². The summed E-state index contributed by atoms with van der Waals surface area (Å²) in [6.45, 7) is 6.52. The van der Waals surface area contributed by atoms with Gasteiger partial charge in [0.2, 0.25) is 0 Å². The highest BCUT2D eigenvalue weighted by molar-refractivity contribution is 6.31. The van der Waals surface area contributed by atoms with Crippen LogP contribution in [0.1, 0.15) is 36.7 Å². The first-order valence-corrected chi connectivity index (χ1v) is 8.33. The summed E-state index contributed by atoms with van der Waals surface area (Å²) in [5, 5.41) is 10.4. The molecule has 0 aliphatic rings. The lowest BCUT2D eigenvalue weighted by atomic mass is 10.2. The van der Waals surface area contributed by atoms with Gasteiger partial charge >= 0.3 is 6.03 Å². The fourth-order valence-corrected chi connectivity index (χ4v) is 2.62. The maximum absolute atomic E-state index is 14.0. The second kappa shape index (κ2) is 8.15. The number of rotatable bonds is 6. The molecule has 0 saturated heterocycles. The van der Waals surface area contributed by atoms with Gasteiger partial charge in [-0.25, -0.2) is 9.18 Å². The van der Waals surface area contributed by atoms with Crippen LogP contribution in [0, 0.1) is 19.7 Å². The van der Waals surface area contributed by atoms with Crippen LogP contribution in [0.2, 0.25) is 5.02 Å². The number of carbonyl (C=O) groups excluding carboxylic acids is 1. The summed E-state index contributed by atoms with van der Waals surface area (Å²) in [6.07, 6.45) is 1.94. The molecule has 2 N–H and O–H groups in total. The first kappa shape index (κ1) is 18.3. The summed E-state index contributed by atoms with van der Waals surface area (Å²) in [5.74, 6) is -0.373. The molecule has 0 aliphatic heterocycles. The van der Waals surface area contributed by atoms with Gasteiger partial charge in [0, 0.05) is 17.1 Å². The van der Waals surface area contributed by atoms with Gasteiger partial charge in [0.1, 0.15) is 5.82 Å². The summed E-state index contributed by atoms with van der Waals surface area (Å²) in [5.41, 5.74) is 2.43. The zero-order valence-corrected chi connectivity index (χ0v) is 14.9. The van der Waals surface area contributed by atoms with Crippen molar-refractivity contribution < 1.29 is 9.18 Å². The number of halogens is 2. The Morgan fingerprint density at radius 3 is 2.79 bits per heavy atom. The molecule has 2 aromatic rings. The van der Waals surface area contributed by atoms with Crippen molar-refractivity contribution in [2.45, 2.75) is 40.2 Å². The predicted molar refractivity (Wildman–Crippen MR) is 94.1 cm³/mol. The second-order valence-electron chi connectivity index (χ2n) is 5.64.